The Hall–Kier alpha value is -0.960. The van der Waals surface area contributed by atoms with E-state index in [-0.39, 0.29) is 23.1 Å². The first-order valence-corrected chi connectivity index (χ1v) is 9.51. The molecule has 1 saturated carbocycles. The molecule has 23 heavy (non-hydrogen) atoms. The fourth-order valence-electron chi connectivity index (χ4n) is 3.70. The Morgan fingerprint density at radius 1 is 1.39 bits per heavy atom. The van der Waals surface area contributed by atoms with Crippen molar-refractivity contribution in [2.24, 2.45) is 13.0 Å². The standard InChI is InChI=1S/C15H25N3O4S/c1-11-16-15(9-17(11)2)23(19,20)18-7-8-22-10-13(18)12-5-4-6-14(12)21-3/h9,12-14H,4-8,10H2,1-3H3/t12-,13+,14+/m0/s1. The summed E-state index contributed by atoms with van der Waals surface area (Å²) in [5.74, 6) is 0.865. The van der Waals surface area contributed by atoms with Gasteiger partial charge in [-0.2, -0.15) is 4.31 Å². The molecule has 0 N–H and O–H groups in total. The highest BCUT2D eigenvalue weighted by Gasteiger charge is 2.44. The van der Waals surface area contributed by atoms with Crippen LogP contribution in [0, 0.1) is 12.8 Å². The Kier molecular flexibility index (Phi) is 4.78. The molecule has 130 valence electrons. The molecule has 2 heterocycles. The lowest BCUT2D eigenvalue weighted by Gasteiger charge is -2.39. The van der Waals surface area contributed by atoms with Gasteiger partial charge in [-0.25, -0.2) is 13.4 Å². The number of aryl methyl sites for hydroxylation is 2. The fourth-order valence-corrected chi connectivity index (χ4v) is 5.37. The molecule has 8 heteroatoms. The van der Waals surface area contributed by atoms with Gasteiger partial charge in [-0.3, -0.25) is 0 Å². The number of aromatic nitrogens is 2. The summed E-state index contributed by atoms with van der Waals surface area (Å²) >= 11 is 0. The Labute approximate surface area is 137 Å². The summed E-state index contributed by atoms with van der Waals surface area (Å²) in [6.07, 6.45) is 4.70. The van der Waals surface area contributed by atoms with E-state index in [1.807, 2.05) is 0 Å². The molecule has 0 radical (unpaired) electrons. The van der Waals surface area contributed by atoms with E-state index in [9.17, 15) is 8.42 Å². The van der Waals surface area contributed by atoms with Gasteiger partial charge in [0.25, 0.3) is 10.0 Å². The second kappa shape index (κ2) is 6.51. The molecule has 3 rings (SSSR count). The van der Waals surface area contributed by atoms with Crippen molar-refractivity contribution in [2.45, 2.75) is 43.4 Å². The quantitative estimate of drug-likeness (QED) is 0.813. The third kappa shape index (κ3) is 3.05. The van der Waals surface area contributed by atoms with Crippen molar-refractivity contribution >= 4 is 10.0 Å². The van der Waals surface area contributed by atoms with Crippen LogP contribution in [0.25, 0.3) is 0 Å². The highest BCUT2D eigenvalue weighted by Crippen LogP contribution is 2.35. The molecular formula is C15H25N3O4S. The maximum Gasteiger partial charge on any atom is 0.262 e. The third-order valence-corrected chi connectivity index (χ3v) is 6.87. The first kappa shape index (κ1) is 16.9. The number of nitrogens with zero attached hydrogens (tertiary/aromatic N) is 3. The number of sulfonamides is 1. The minimum absolute atomic E-state index is 0.102. The highest BCUT2D eigenvalue weighted by molar-refractivity contribution is 7.89. The molecule has 1 aromatic rings. The largest absolute Gasteiger partial charge is 0.381 e. The maximum atomic E-state index is 13.1. The van der Waals surface area contributed by atoms with Crippen molar-refractivity contribution in [3.8, 4) is 0 Å². The van der Waals surface area contributed by atoms with Gasteiger partial charge in [-0.05, 0) is 19.8 Å². The monoisotopic (exact) mass is 343 g/mol. The van der Waals surface area contributed by atoms with Crippen molar-refractivity contribution in [1.29, 1.82) is 0 Å². The van der Waals surface area contributed by atoms with Crippen LogP contribution in [0.4, 0.5) is 0 Å². The van der Waals surface area contributed by atoms with Crippen LogP contribution >= 0.6 is 0 Å². The molecule has 0 bridgehead atoms. The molecule has 3 atom stereocenters. The molecule has 2 aliphatic rings. The molecule has 1 aliphatic heterocycles. The summed E-state index contributed by atoms with van der Waals surface area (Å²) in [6, 6.07) is -0.177. The molecule has 1 aliphatic carbocycles. The predicted molar refractivity (Wildman–Crippen MR) is 84.6 cm³/mol. The average molecular weight is 343 g/mol. The van der Waals surface area contributed by atoms with Gasteiger partial charge in [0, 0.05) is 32.8 Å². The number of ether oxygens (including phenoxy) is 2. The summed E-state index contributed by atoms with van der Waals surface area (Å²) in [6.45, 7) is 3.02. The van der Waals surface area contributed by atoms with Gasteiger partial charge in [0.05, 0.1) is 25.4 Å². The number of methoxy groups -OCH3 is 1. The predicted octanol–water partition coefficient (Wildman–Crippen LogP) is 0.933. The van der Waals surface area contributed by atoms with Crippen molar-refractivity contribution in [2.75, 3.05) is 26.9 Å². The van der Waals surface area contributed by atoms with Crippen LogP contribution < -0.4 is 0 Å². The molecule has 0 amide bonds. The fraction of sp³-hybridized carbons (Fsp3) is 0.800. The van der Waals surface area contributed by atoms with E-state index < -0.39 is 10.0 Å². The van der Waals surface area contributed by atoms with Gasteiger partial charge in [0.2, 0.25) is 0 Å². The molecule has 1 aromatic heterocycles. The highest BCUT2D eigenvalue weighted by atomic mass is 32.2. The van der Waals surface area contributed by atoms with Gasteiger partial charge in [0.1, 0.15) is 5.82 Å². The lowest BCUT2D eigenvalue weighted by Crippen LogP contribution is -2.53. The molecule has 0 unspecified atom stereocenters. The van der Waals surface area contributed by atoms with Crippen LogP contribution in [-0.2, 0) is 26.5 Å². The zero-order chi connectivity index (χ0) is 16.6. The smallest absolute Gasteiger partial charge is 0.262 e. The maximum absolute atomic E-state index is 13.1. The summed E-state index contributed by atoms with van der Waals surface area (Å²) in [7, 11) is -0.112. The van der Waals surface area contributed by atoms with Crippen LogP contribution in [-0.4, -0.2) is 61.3 Å². The average Bonchev–Trinajstić information content (AvgIpc) is 3.14. The van der Waals surface area contributed by atoms with Gasteiger partial charge in [0.15, 0.2) is 5.03 Å². The number of rotatable bonds is 4. The lowest BCUT2D eigenvalue weighted by molar-refractivity contribution is -0.0260. The zero-order valence-corrected chi connectivity index (χ0v) is 14.8. The first-order valence-electron chi connectivity index (χ1n) is 8.07. The van der Waals surface area contributed by atoms with Crippen LogP contribution in [0.15, 0.2) is 11.2 Å². The molecule has 7 nitrogen and oxygen atoms in total. The molecule has 0 aromatic carbocycles. The summed E-state index contributed by atoms with van der Waals surface area (Å²) < 4.78 is 40.6. The number of imidazole rings is 1. The van der Waals surface area contributed by atoms with Crippen molar-refractivity contribution in [3.05, 3.63) is 12.0 Å². The van der Waals surface area contributed by atoms with E-state index in [0.717, 1.165) is 19.3 Å². The summed E-state index contributed by atoms with van der Waals surface area (Å²) in [5.41, 5.74) is 0. The van der Waals surface area contributed by atoms with E-state index in [1.165, 1.54) is 0 Å². The second-order valence-electron chi connectivity index (χ2n) is 6.36. The normalized spacial score (nSPS) is 30.0. The van der Waals surface area contributed by atoms with Crippen LogP contribution in [0.1, 0.15) is 25.1 Å². The first-order chi connectivity index (χ1) is 10.9. The van der Waals surface area contributed by atoms with Crippen molar-refractivity contribution in [3.63, 3.8) is 0 Å². The Balaban J connectivity index is 1.91. The van der Waals surface area contributed by atoms with E-state index in [2.05, 4.69) is 4.98 Å². The minimum Gasteiger partial charge on any atom is -0.381 e. The topological polar surface area (TPSA) is 73.7 Å². The molecule has 1 saturated heterocycles. The van der Waals surface area contributed by atoms with E-state index >= 15 is 0 Å². The Morgan fingerprint density at radius 2 is 2.17 bits per heavy atom. The van der Waals surface area contributed by atoms with E-state index in [1.54, 1.807) is 36.2 Å². The third-order valence-electron chi connectivity index (χ3n) is 5.07. The Bertz CT molecular complexity index is 638. The second-order valence-corrected chi connectivity index (χ2v) is 8.20. The number of morpholine rings is 1. The molecule has 2 fully saturated rings. The number of hydrogen-bond acceptors (Lipinski definition) is 5. The minimum atomic E-state index is -3.62. The van der Waals surface area contributed by atoms with Crippen LogP contribution in [0.3, 0.4) is 0 Å². The summed E-state index contributed by atoms with van der Waals surface area (Å²) in [4.78, 5) is 4.22. The SMILES string of the molecule is CO[C@@H]1CCC[C@H]1[C@H]1COCCN1S(=O)(=O)c1cn(C)c(C)n1. The Morgan fingerprint density at radius 3 is 2.83 bits per heavy atom. The summed E-state index contributed by atoms with van der Waals surface area (Å²) in [5, 5.41) is 0.122. The van der Waals surface area contributed by atoms with Crippen molar-refractivity contribution in [1.82, 2.24) is 13.9 Å². The molecule has 0 spiro atoms. The van der Waals surface area contributed by atoms with Crippen LogP contribution in [0.2, 0.25) is 0 Å². The number of hydrogen-bond donors (Lipinski definition) is 0. The van der Waals surface area contributed by atoms with Gasteiger partial charge in [-0.15, -0.1) is 0 Å². The van der Waals surface area contributed by atoms with Gasteiger partial charge >= 0.3 is 0 Å². The van der Waals surface area contributed by atoms with E-state index in [4.69, 9.17) is 9.47 Å². The van der Waals surface area contributed by atoms with Crippen LogP contribution in [0.5, 0.6) is 0 Å². The van der Waals surface area contributed by atoms with Crippen molar-refractivity contribution < 1.29 is 17.9 Å². The van der Waals surface area contributed by atoms with Gasteiger partial charge < -0.3 is 14.0 Å². The zero-order valence-electron chi connectivity index (χ0n) is 13.9. The van der Waals surface area contributed by atoms with Gasteiger partial charge in [-0.1, -0.05) is 6.42 Å². The van der Waals surface area contributed by atoms with E-state index in [0.29, 0.717) is 25.6 Å². The molecular weight excluding hydrogens is 318 g/mol. The lowest BCUT2D eigenvalue weighted by atomic mass is 9.96.